The van der Waals surface area contributed by atoms with Gasteiger partial charge in [0.1, 0.15) is 17.2 Å². The lowest BCUT2D eigenvalue weighted by atomic mass is 9.99. The first-order valence-electron chi connectivity index (χ1n) is 10.9. The van der Waals surface area contributed by atoms with E-state index in [4.69, 9.17) is 15.2 Å². The monoisotopic (exact) mass is 457 g/mol. The maximum absolute atomic E-state index is 13.5. The van der Waals surface area contributed by atoms with E-state index in [-0.39, 0.29) is 22.7 Å². The Balaban J connectivity index is 1.78. The van der Waals surface area contributed by atoms with E-state index in [2.05, 4.69) is 19.2 Å². The molecule has 174 valence electrons. The molecular formula is C27H27N3O4. The van der Waals surface area contributed by atoms with Crippen molar-refractivity contribution < 1.29 is 19.1 Å². The van der Waals surface area contributed by atoms with Gasteiger partial charge in [-0.25, -0.2) is 0 Å². The first kappa shape index (κ1) is 22.9. The molecule has 0 spiro atoms. The summed E-state index contributed by atoms with van der Waals surface area (Å²) in [4.78, 5) is 26.9. The second-order valence-corrected chi connectivity index (χ2v) is 8.22. The van der Waals surface area contributed by atoms with Gasteiger partial charge in [-0.15, -0.1) is 0 Å². The van der Waals surface area contributed by atoms with Gasteiger partial charge < -0.3 is 24.9 Å². The minimum Gasteiger partial charge on any atom is -0.497 e. The first-order valence-corrected chi connectivity index (χ1v) is 10.9. The third-order valence-electron chi connectivity index (χ3n) is 5.82. The molecule has 1 amide bonds. The molecule has 0 saturated heterocycles. The summed E-state index contributed by atoms with van der Waals surface area (Å²) in [6.45, 7) is 4.19. The van der Waals surface area contributed by atoms with Crippen LogP contribution in [0.25, 0.3) is 5.52 Å². The Morgan fingerprint density at radius 1 is 0.971 bits per heavy atom. The number of benzene rings is 2. The Kier molecular flexibility index (Phi) is 6.27. The summed E-state index contributed by atoms with van der Waals surface area (Å²) >= 11 is 0. The zero-order chi connectivity index (χ0) is 24.4. The molecule has 7 nitrogen and oxygen atoms in total. The predicted octanol–water partition coefficient (Wildman–Crippen LogP) is 5.15. The number of ketones is 1. The number of nitrogens with two attached hydrogens (primary N) is 1. The fourth-order valence-electron chi connectivity index (χ4n) is 3.95. The van der Waals surface area contributed by atoms with E-state index in [1.807, 2.05) is 12.1 Å². The molecule has 4 aromatic rings. The van der Waals surface area contributed by atoms with Crippen LogP contribution in [0, 0.1) is 0 Å². The van der Waals surface area contributed by atoms with Crippen molar-refractivity contribution in [3.63, 3.8) is 0 Å². The molecule has 34 heavy (non-hydrogen) atoms. The van der Waals surface area contributed by atoms with E-state index in [1.165, 1.54) is 7.11 Å². The lowest BCUT2D eigenvalue weighted by Gasteiger charge is -2.12. The average molecular weight is 458 g/mol. The molecule has 0 aliphatic heterocycles. The zero-order valence-electron chi connectivity index (χ0n) is 19.6. The highest BCUT2D eigenvalue weighted by atomic mass is 16.5. The maximum Gasteiger partial charge on any atom is 0.260 e. The number of nitrogens with one attached hydrogen (secondary N) is 1. The van der Waals surface area contributed by atoms with Crippen LogP contribution in [0.15, 0.2) is 66.9 Å². The molecule has 3 N–H and O–H groups in total. The molecule has 0 fully saturated rings. The number of pyridine rings is 1. The number of amides is 1. The van der Waals surface area contributed by atoms with E-state index < -0.39 is 5.91 Å². The summed E-state index contributed by atoms with van der Waals surface area (Å²) in [7, 11) is 3.05. The standard InChI is InChI=1S/C27H27N3O4/c1-16(2)17-8-10-18(11-9-17)26(31)25-24(28)23(21-7-5-6-14-30(21)25)27(32)29-20-15-19(33-3)12-13-22(20)34-4/h5-16H,28H2,1-4H3,(H,29,32). The van der Waals surface area contributed by atoms with Gasteiger partial charge in [-0.05, 0) is 35.7 Å². The second kappa shape index (κ2) is 9.31. The number of hydrogen-bond acceptors (Lipinski definition) is 5. The Morgan fingerprint density at radius 2 is 1.71 bits per heavy atom. The topological polar surface area (TPSA) is 95.1 Å². The number of carbonyl (C=O) groups excluding carboxylic acids is 2. The van der Waals surface area contributed by atoms with Crippen LogP contribution in [-0.4, -0.2) is 30.3 Å². The number of aromatic nitrogens is 1. The number of carbonyl (C=O) groups is 2. The summed E-state index contributed by atoms with van der Waals surface area (Å²) in [6.07, 6.45) is 1.73. The van der Waals surface area contributed by atoms with Crippen molar-refractivity contribution in [2.45, 2.75) is 19.8 Å². The fourth-order valence-corrected chi connectivity index (χ4v) is 3.95. The Bertz CT molecular complexity index is 1370. The van der Waals surface area contributed by atoms with Crippen LogP contribution in [-0.2, 0) is 0 Å². The van der Waals surface area contributed by atoms with E-state index in [0.717, 1.165) is 5.56 Å². The molecule has 0 unspecified atom stereocenters. The van der Waals surface area contributed by atoms with Gasteiger partial charge in [-0.2, -0.15) is 0 Å². The molecule has 0 bridgehead atoms. The molecule has 4 rings (SSSR count). The quantitative estimate of drug-likeness (QED) is 0.375. The van der Waals surface area contributed by atoms with E-state index in [1.54, 1.807) is 66.2 Å². The number of rotatable bonds is 7. The van der Waals surface area contributed by atoms with Gasteiger partial charge in [0, 0.05) is 17.8 Å². The van der Waals surface area contributed by atoms with Crippen molar-refractivity contribution >= 4 is 28.6 Å². The van der Waals surface area contributed by atoms with Crippen LogP contribution >= 0.6 is 0 Å². The van der Waals surface area contributed by atoms with Gasteiger partial charge in [0.05, 0.1) is 36.7 Å². The highest BCUT2D eigenvalue weighted by molar-refractivity contribution is 6.20. The molecule has 2 heterocycles. The van der Waals surface area contributed by atoms with Crippen LogP contribution in [0.4, 0.5) is 11.4 Å². The molecule has 0 atom stereocenters. The van der Waals surface area contributed by atoms with Gasteiger partial charge in [-0.3, -0.25) is 9.59 Å². The summed E-state index contributed by atoms with van der Waals surface area (Å²) in [5.74, 6) is 0.672. The number of anilines is 2. The van der Waals surface area contributed by atoms with Gasteiger partial charge >= 0.3 is 0 Å². The number of nitrogen functional groups attached to an aromatic ring is 1. The van der Waals surface area contributed by atoms with Gasteiger partial charge in [0.2, 0.25) is 5.78 Å². The van der Waals surface area contributed by atoms with Crippen LogP contribution in [0.1, 0.15) is 51.7 Å². The number of fused-ring (bicyclic) bond motifs is 1. The normalized spacial score (nSPS) is 11.0. The highest BCUT2D eigenvalue weighted by Crippen LogP contribution is 2.33. The second-order valence-electron chi connectivity index (χ2n) is 8.22. The largest absolute Gasteiger partial charge is 0.497 e. The average Bonchev–Trinajstić information content (AvgIpc) is 3.15. The number of nitrogens with zero attached hydrogens (tertiary/aromatic N) is 1. The molecule has 0 radical (unpaired) electrons. The highest BCUT2D eigenvalue weighted by Gasteiger charge is 2.26. The van der Waals surface area contributed by atoms with Crippen LogP contribution in [0.5, 0.6) is 11.5 Å². The third-order valence-corrected chi connectivity index (χ3v) is 5.82. The molecule has 0 aliphatic carbocycles. The maximum atomic E-state index is 13.5. The van der Waals surface area contributed by atoms with E-state index in [0.29, 0.717) is 34.2 Å². The number of ether oxygens (including phenoxy) is 2. The van der Waals surface area contributed by atoms with Crippen molar-refractivity contribution in [2.24, 2.45) is 0 Å². The lowest BCUT2D eigenvalue weighted by molar-refractivity contribution is 0.102. The Hall–Kier alpha value is -4.26. The van der Waals surface area contributed by atoms with Crippen LogP contribution in [0.2, 0.25) is 0 Å². The summed E-state index contributed by atoms with van der Waals surface area (Å²) < 4.78 is 12.3. The number of methoxy groups -OCH3 is 2. The summed E-state index contributed by atoms with van der Waals surface area (Å²) in [6, 6.07) is 17.9. The van der Waals surface area contributed by atoms with Crippen LogP contribution in [0.3, 0.4) is 0 Å². The molecule has 0 aliphatic rings. The van der Waals surface area contributed by atoms with Crippen molar-refractivity contribution in [3.05, 3.63) is 89.2 Å². The van der Waals surface area contributed by atoms with E-state index >= 15 is 0 Å². The first-order chi connectivity index (χ1) is 16.3. The van der Waals surface area contributed by atoms with Crippen molar-refractivity contribution in [1.82, 2.24) is 4.40 Å². The molecule has 0 saturated carbocycles. The zero-order valence-corrected chi connectivity index (χ0v) is 19.6. The predicted molar refractivity (Wildman–Crippen MR) is 133 cm³/mol. The minimum absolute atomic E-state index is 0.114. The molecule has 2 aromatic heterocycles. The molecular weight excluding hydrogens is 430 g/mol. The van der Waals surface area contributed by atoms with Crippen molar-refractivity contribution in [3.8, 4) is 11.5 Å². The van der Waals surface area contributed by atoms with Crippen molar-refractivity contribution in [1.29, 1.82) is 0 Å². The Labute approximate surface area is 198 Å². The smallest absolute Gasteiger partial charge is 0.260 e. The van der Waals surface area contributed by atoms with Crippen molar-refractivity contribution in [2.75, 3.05) is 25.3 Å². The fraction of sp³-hybridized carbons (Fsp3) is 0.185. The van der Waals surface area contributed by atoms with Crippen LogP contribution < -0.4 is 20.5 Å². The number of hydrogen-bond donors (Lipinski definition) is 2. The van der Waals surface area contributed by atoms with Gasteiger partial charge in [-0.1, -0.05) is 44.2 Å². The molecule has 2 aromatic carbocycles. The van der Waals surface area contributed by atoms with Gasteiger partial charge in [0.25, 0.3) is 5.91 Å². The summed E-state index contributed by atoms with van der Waals surface area (Å²) in [5.41, 5.74) is 9.63. The summed E-state index contributed by atoms with van der Waals surface area (Å²) in [5, 5.41) is 2.85. The third kappa shape index (κ3) is 4.08. The SMILES string of the molecule is COc1ccc(OC)c(NC(=O)c2c(N)c(C(=O)c3ccc(C(C)C)cc3)n3ccccc23)c1. The van der Waals surface area contributed by atoms with Gasteiger partial charge in [0.15, 0.2) is 0 Å². The minimum atomic E-state index is -0.457. The molecule has 7 heteroatoms. The lowest BCUT2D eigenvalue weighted by Crippen LogP contribution is -2.15. The Morgan fingerprint density at radius 3 is 2.35 bits per heavy atom. The van der Waals surface area contributed by atoms with E-state index in [9.17, 15) is 9.59 Å².